The molecule has 0 aliphatic carbocycles. The van der Waals surface area contributed by atoms with E-state index in [0.717, 1.165) is 16.3 Å². The Labute approximate surface area is 196 Å². The highest BCUT2D eigenvalue weighted by Crippen LogP contribution is 2.20. The zero-order valence-electron chi connectivity index (χ0n) is 18.7. The monoisotopic (exact) mass is 449 g/mol. The highest BCUT2D eigenvalue weighted by atomic mass is 16.2. The van der Waals surface area contributed by atoms with Crippen molar-refractivity contribution in [1.29, 1.82) is 0 Å². The summed E-state index contributed by atoms with van der Waals surface area (Å²) in [4.78, 5) is 30.9. The molecule has 1 amide bonds. The molecule has 2 heterocycles. The van der Waals surface area contributed by atoms with Crippen molar-refractivity contribution in [1.82, 2.24) is 19.2 Å². The van der Waals surface area contributed by atoms with E-state index in [0.29, 0.717) is 35.1 Å². The first kappa shape index (κ1) is 21.3. The molecule has 0 saturated heterocycles. The summed E-state index contributed by atoms with van der Waals surface area (Å²) in [6, 6.07) is 23.2. The number of benzene rings is 3. The van der Waals surface area contributed by atoms with Crippen LogP contribution in [-0.2, 0) is 17.8 Å². The highest BCUT2D eigenvalue weighted by Gasteiger charge is 2.20. The van der Waals surface area contributed by atoms with Crippen molar-refractivity contribution in [2.75, 3.05) is 5.32 Å². The van der Waals surface area contributed by atoms with Crippen LogP contribution in [0.3, 0.4) is 0 Å². The Morgan fingerprint density at radius 1 is 1.03 bits per heavy atom. The Hall–Kier alpha value is -4.52. The summed E-state index contributed by atoms with van der Waals surface area (Å²) < 4.78 is 3.13. The molecular weight excluding hydrogens is 426 g/mol. The van der Waals surface area contributed by atoms with Gasteiger partial charge in [0, 0.05) is 29.1 Å². The Morgan fingerprint density at radius 3 is 2.53 bits per heavy atom. The van der Waals surface area contributed by atoms with Crippen molar-refractivity contribution >= 4 is 28.1 Å². The molecule has 5 aromatic rings. The Kier molecular flexibility index (Phi) is 5.51. The maximum absolute atomic E-state index is 13.4. The van der Waals surface area contributed by atoms with Crippen LogP contribution in [0.25, 0.3) is 27.9 Å². The number of allylic oxidation sites excluding steroid dienone is 1. The van der Waals surface area contributed by atoms with Gasteiger partial charge in [-0.1, -0.05) is 66.7 Å². The molecule has 5 rings (SSSR count). The number of aromatic nitrogens is 4. The van der Waals surface area contributed by atoms with Gasteiger partial charge in [0.25, 0.3) is 5.56 Å². The fourth-order valence-corrected chi connectivity index (χ4v) is 4.10. The van der Waals surface area contributed by atoms with Crippen LogP contribution in [0.2, 0.25) is 0 Å². The number of nitrogens with zero attached hydrogens (tertiary/aromatic N) is 4. The molecule has 7 nitrogen and oxygen atoms in total. The second-order valence-electron chi connectivity index (χ2n) is 8.07. The number of anilines is 1. The highest BCUT2D eigenvalue weighted by molar-refractivity contribution is 5.95. The molecule has 3 aromatic carbocycles. The lowest BCUT2D eigenvalue weighted by Crippen LogP contribution is -2.29. The third-order valence-electron chi connectivity index (χ3n) is 5.84. The quantitative estimate of drug-likeness (QED) is 0.390. The molecule has 0 fully saturated rings. The lowest BCUT2D eigenvalue weighted by atomic mass is 10.1. The number of carbonyl (C=O) groups is 1. The molecule has 0 bridgehead atoms. The van der Waals surface area contributed by atoms with Crippen LogP contribution < -0.4 is 10.9 Å². The zero-order chi connectivity index (χ0) is 23.7. The van der Waals surface area contributed by atoms with Crippen molar-refractivity contribution in [3.63, 3.8) is 0 Å². The van der Waals surface area contributed by atoms with Crippen LogP contribution >= 0.6 is 0 Å². The van der Waals surface area contributed by atoms with E-state index in [1.807, 2.05) is 84.3 Å². The SMILES string of the molecule is C=CCn1c(C)c(CC(=O)Nc2ccc3ccccc3c2)c(=O)n2nc(-c3ccccc3)nc12. The second-order valence-corrected chi connectivity index (χ2v) is 8.07. The minimum atomic E-state index is -0.351. The average Bonchev–Trinajstić information content (AvgIpc) is 3.30. The average molecular weight is 450 g/mol. The first-order valence-electron chi connectivity index (χ1n) is 11.0. The van der Waals surface area contributed by atoms with Gasteiger partial charge in [0.1, 0.15) is 0 Å². The Balaban J connectivity index is 1.52. The molecule has 7 heteroatoms. The molecule has 0 radical (unpaired) electrons. The molecule has 168 valence electrons. The van der Waals surface area contributed by atoms with E-state index in [4.69, 9.17) is 0 Å². The largest absolute Gasteiger partial charge is 0.326 e. The normalized spacial score (nSPS) is 11.1. The summed E-state index contributed by atoms with van der Waals surface area (Å²) in [6.45, 7) is 6.08. The van der Waals surface area contributed by atoms with Gasteiger partial charge in [-0.3, -0.25) is 9.59 Å². The zero-order valence-corrected chi connectivity index (χ0v) is 18.7. The number of fused-ring (bicyclic) bond motifs is 2. The van der Waals surface area contributed by atoms with Crippen LogP contribution in [0.1, 0.15) is 11.3 Å². The van der Waals surface area contributed by atoms with Crippen LogP contribution in [0.15, 0.2) is 90.2 Å². The summed E-state index contributed by atoms with van der Waals surface area (Å²) in [6.07, 6.45) is 1.65. The van der Waals surface area contributed by atoms with Gasteiger partial charge in [-0.15, -0.1) is 11.7 Å². The van der Waals surface area contributed by atoms with E-state index in [2.05, 4.69) is 22.0 Å². The fraction of sp³-hybridized carbons (Fsp3) is 0.111. The maximum Gasteiger partial charge on any atom is 0.279 e. The number of nitrogens with one attached hydrogen (secondary N) is 1. The number of carbonyl (C=O) groups excluding carboxylic acids is 1. The van der Waals surface area contributed by atoms with E-state index in [9.17, 15) is 9.59 Å². The van der Waals surface area contributed by atoms with Gasteiger partial charge in [0.2, 0.25) is 11.7 Å². The Bertz CT molecular complexity index is 1600. The fourth-order valence-electron chi connectivity index (χ4n) is 4.10. The summed E-state index contributed by atoms with van der Waals surface area (Å²) >= 11 is 0. The van der Waals surface area contributed by atoms with E-state index in [1.54, 1.807) is 6.08 Å². The van der Waals surface area contributed by atoms with E-state index in [-0.39, 0.29) is 17.9 Å². The number of hydrogen-bond acceptors (Lipinski definition) is 4. The predicted octanol–water partition coefficient (Wildman–Crippen LogP) is 4.39. The van der Waals surface area contributed by atoms with E-state index < -0.39 is 0 Å². The van der Waals surface area contributed by atoms with Crippen molar-refractivity contribution in [2.45, 2.75) is 19.9 Å². The number of hydrogen-bond donors (Lipinski definition) is 1. The Morgan fingerprint density at radius 2 is 1.76 bits per heavy atom. The van der Waals surface area contributed by atoms with Gasteiger partial charge in [0.05, 0.1) is 6.42 Å². The first-order valence-corrected chi connectivity index (χ1v) is 11.0. The molecule has 0 atom stereocenters. The van der Waals surface area contributed by atoms with Crippen molar-refractivity contribution in [3.05, 3.63) is 107 Å². The van der Waals surface area contributed by atoms with E-state index in [1.165, 1.54) is 4.52 Å². The van der Waals surface area contributed by atoms with Crippen molar-refractivity contribution in [2.24, 2.45) is 0 Å². The minimum absolute atomic E-state index is 0.0783. The molecule has 2 aromatic heterocycles. The number of rotatable bonds is 6. The van der Waals surface area contributed by atoms with Gasteiger partial charge < -0.3 is 9.88 Å². The van der Waals surface area contributed by atoms with Crippen LogP contribution in [-0.4, -0.2) is 25.1 Å². The molecule has 1 N–H and O–H groups in total. The maximum atomic E-state index is 13.4. The minimum Gasteiger partial charge on any atom is -0.326 e. The summed E-state index contributed by atoms with van der Waals surface area (Å²) in [5.74, 6) is 0.594. The smallest absolute Gasteiger partial charge is 0.279 e. The lowest BCUT2D eigenvalue weighted by Gasteiger charge is -2.14. The van der Waals surface area contributed by atoms with Crippen LogP contribution in [0, 0.1) is 6.92 Å². The third-order valence-corrected chi connectivity index (χ3v) is 5.84. The topological polar surface area (TPSA) is 81.3 Å². The molecular formula is C27H23N5O2. The van der Waals surface area contributed by atoms with Gasteiger partial charge in [0.15, 0.2) is 5.82 Å². The van der Waals surface area contributed by atoms with Crippen molar-refractivity contribution in [3.8, 4) is 11.4 Å². The van der Waals surface area contributed by atoms with Gasteiger partial charge in [-0.25, -0.2) is 0 Å². The van der Waals surface area contributed by atoms with E-state index >= 15 is 0 Å². The molecule has 0 aliphatic heterocycles. The molecule has 0 unspecified atom stereocenters. The van der Waals surface area contributed by atoms with Gasteiger partial charge in [-0.05, 0) is 29.8 Å². The second kappa shape index (κ2) is 8.78. The molecule has 0 spiro atoms. The predicted molar refractivity (Wildman–Crippen MR) is 134 cm³/mol. The molecule has 34 heavy (non-hydrogen) atoms. The summed E-state index contributed by atoms with van der Waals surface area (Å²) in [5.41, 5.74) is 2.18. The van der Waals surface area contributed by atoms with Crippen LogP contribution in [0.4, 0.5) is 5.69 Å². The first-order chi connectivity index (χ1) is 16.5. The van der Waals surface area contributed by atoms with Crippen LogP contribution in [0.5, 0.6) is 0 Å². The summed E-state index contributed by atoms with van der Waals surface area (Å²) in [5, 5.41) is 9.50. The van der Waals surface area contributed by atoms with Gasteiger partial charge >= 0.3 is 0 Å². The third kappa shape index (κ3) is 3.88. The molecule has 0 saturated carbocycles. The standard InChI is InChI=1S/C27H23N5O2/c1-3-15-31-18(2)23(17-24(33)28-22-14-13-19-9-7-8-12-21(19)16-22)26(34)32-27(31)29-25(30-32)20-10-5-4-6-11-20/h3-14,16H,1,15,17H2,2H3,(H,28,33). The lowest BCUT2D eigenvalue weighted by molar-refractivity contribution is -0.115. The number of amides is 1. The summed E-state index contributed by atoms with van der Waals surface area (Å²) in [7, 11) is 0. The van der Waals surface area contributed by atoms with Crippen molar-refractivity contribution < 1.29 is 4.79 Å². The molecule has 0 aliphatic rings. The van der Waals surface area contributed by atoms with Gasteiger partial charge in [-0.2, -0.15) is 9.50 Å².